The van der Waals surface area contributed by atoms with Crippen molar-refractivity contribution in [1.29, 1.82) is 0 Å². The Morgan fingerprint density at radius 2 is 2.10 bits per heavy atom. The number of rotatable bonds is 8. The molecule has 0 fully saturated rings. The maximum Gasteiger partial charge on any atom is 0.242 e. The van der Waals surface area contributed by atoms with E-state index in [0.29, 0.717) is 17.4 Å². The molecule has 0 saturated carbocycles. The maximum absolute atomic E-state index is 8.90. The lowest BCUT2D eigenvalue weighted by Gasteiger charge is -2.25. The fourth-order valence-corrected chi connectivity index (χ4v) is 1.81. The minimum atomic E-state index is 0.0149. The predicted octanol–water partition coefficient (Wildman–Crippen LogP) is 2.06. The second-order valence-corrected chi connectivity index (χ2v) is 5.95. The van der Waals surface area contributed by atoms with Crippen LogP contribution in [-0.4, -0.2) is 34.3 Å². The molecule has 6 heteroatoms. The van der Waals surface area contributed by atoms with Crippen molar-refractivity contribution in [3.8, 4) is 5.88 Å². The van der Waals surface area contributed by atoms with Crippen LogP contribution < -0.4 is 15.8 Å². The first-order valence-electron chi connectivity index (χ1n) is 6.97. The van der Waals surface area contributed by atoms with E-state index in [0.717, 1.165) is 19.4 Å². The SMILES string of the molecule is CC(C)Oc1ncnc(NCC(C)(C)CCCO)c1N. The number of hydrogen-bond donors (Lipinski definition) is 3. The highest BCUT2D eigenvalue weighted by molar-refractivity contribution is 5.66. The Hall–Kier alpha value is -1.56. The van der Waals surface area contributed by atoms with E-state index >= 15 is 0 Å². The molecule has 1 heterocycles. The molecule has 0 saturated heterocycles. The van der Waals surface area contributed by atoms with Crippen LogP contribution in [0.4, 0.5) is 11.5 Å². The first-order chi connectivity index (χ1) is 9.35. The number of nitrogens with two attached hydrogens (primary N) is 1. The van der Waals surface area contributed by atoms with E-state index in [9.17, 15) is 0 Å². The topological polar surface area (TPSA) is 93.3 Å². The second-order valence-electron chi connectivity index (χ2n) is 5.95. The molecule has 0 atom stereocenters. The summed E-state index contributed by atoms with van der Waals surface area (Å²) < 4.78 is 5.53. The zero-order chi connectivity index (χ0) is 15.2. The van der Waals surface area contributed by atoms with Crippen molar-refractivity contribution in [3.63, 3.8) is 0 Å². The van der Waals surface area contributed by atoms with Gasteiger partial charge in [0.1, 0.15) is 12.0 Å². The molecule has 1 rings (SSSR count). The number of aliphatic hydroxyl groups is 1. The van der Waals surface area contributed by atoms with Crippen molar-refractivity contribution in [3.05, 3.63) is 6.33 Å². The van der Waals surface area contributed by atoms with Crippen LogP contribution in [0.5, 0.6) is 5.88 Å². The van der Waals surface area contributed by atoms with Crippen LogP contribution in [0.2, 0.25) is 0 Å². The van der Waals surface area contributed by atoms with E-state index in [1.165, 1.54) is 6.33 Å². The van der Waals surface area contributed by atoms with Gasteiger partial charge in [-0.3, -0.25) is 0 Å². The normalized spacial score (nSPS) is 11.7. The molecular formula is C14H26N4O2. The number of aliphatic hydroxyl groups excluding tert-OH is 1. The van der Waals surface area contributed by atoms with Gasteiger partial charge in [0.15, 0.2) is 5.82 Å². The van der Waals surface area contributed by atoms with Crippen LogP contribution in [0.1, 0.15) is 40.5 Å². The molecule has 0 aliphatic carbocycles. The van der Waals surface area contributed by atoms with Crippen LogP contribution >= 0.6 is 0 Å². The number of ether oxygens (including phenoxy) is 1. The van der Waals surface area contributed by atoms with Crippen LogP contribution in [0.15, 0.2) is 6.33 Å². The molecule has 0 spiro atoms. The number of hydrogen-bond acceptors (Lipinski definition) is 6. The average Bonchev–Trinajstić information content (AvgIpc) is 2.37. The Bertz CT molecular complexity index is 422. The third-order valence-electron chi connectivity index (χ3n) is 2.94. The van der Waals surface area contributed by atoms with Gasteiger partial charge < -0.3 is 20.9 Å². The quantitative estimate of drug-likeness (QED) is 0.675. The van der Waals surface area contributed by atoms with Gasteiger partial charge in [-0.1, -0.05) is 13.8 Å². The monoisotopic (exact) mass is 282 g/mol. The van der Waals surface area contributed by atoms with Gasteiger partial charge in [-0.15, -0.1) is 0 Å². The standard InChI is InChI=1S/C14H26N4O2/c1-10(2)20-13-11(15)12(17-9-18-13)16-8-14(3,4)6-5-7-19/h9-10,19H,5-8,15H2,1-4H3,(H,16,17,18). The van der Waals surface area contributed by atoms with Crippen molar-refractivity contribution >= 4 is 11.5 Å². The highest BCUT2D eigenvalue weighted by Gasteiger charge is 2.19. The Morgan fingerprint density at radius 1 is 1.40 bits per heavy atom. The van der Waals surface area contributed by atoms with Crippen molar-refractivity contribution in [2.24, 2.45) is 5.41 Å². The van der Waals surface area contributed by atoms with E-state index < -0.39 is 0 Å². The van der Waals surface area contributed by atoms with E-state index in [-0.39, 0.29) is 18.1 Å². The smallest absolute Gasteiger partial charge is 0.242 e. The van der Waals surface area contributed by atoms with E-state index in [2.05, 4.69) is 29.1 Å². The van der Waals surface area contributed by atoms with E-state index in [1.54, 1.807) is 0 Å². The second kappa shape index (κ2) is 7.28. The number of anilines is 2. The van der Waals surface area contributed by atoms with Gasteiger partial charge in [0.05, 0.1) is 6.10 Å². The van der Waals surface area contributed by atoms with Crippen molar-refractivity contribution in [2.45, 2.75) is 46.6 Å². The average molecular weight is 282 g/mol. The highest BCUT2D eigenvalue weighted by Crippen LogP contribution is 2.28. The molecule has 0 aliphatic rings. The summed E-state index contributed by atoms with van der Waals surface area (Å²) in [4.78, 5) is 8.19. The van der Waals surface area contributed by atoms with Gasteiger partial charge >= 0.3 is 0 Å². The molecule has 0 aromatic carbocycles. The Kier molecular flexibility index (Phi) is 6.01. The molecule has 0 aliphatic heterocycles. The first kappa shape index (κ1) is 16.5. The maximum atomic E-state index is 8.90. The Balaban J connectivity index is 2.68. The minimum Gasteiger partial charge on any atom is -0.473 e. The molecule has 1 aromatic heterocycles. The summed E-state index contributed by atoms with van der Waals surface area (Å²) in [6, 6.07) is 0. The summed E-state index contributed by atoms with van der Waals surface area (Å²) in [6.45, 7) is 9.05. The van der Waals surface area contributed by atoms with Crippen molar-refractivity contribution in [2.75, 3.05) is 24.2 Å². The molecule has 114 valence electrons. The van der Waals surface area contributed by atoms with E-state index in [4.69, 9.17) is 15.6 Å². The molecular weight excluding hydrogens is 256 g/mol. The highest BCUT2D eigenvalue weighted by atomic mass is 16.5. The largest absolute Gasteiger partial charge is 0.473 e. The van der Waals surface area contributed by atoms with Gasteiger partial charge in [-0.05, 0) is 32.1 Å². The number of nitrogens with one attached hydrogen (secondary N) is 1. The summed E-state index contributed by atoms with van der Waals surface area (Å²) in [5, 5.41) is 12.1. The zero-order valence-electron chi connectivity index (χ0n) is 12.8. The lowest BCUT2D eigenvalue weighted by Crippen LogP contribution is -2.24. The molecule has 0 bridgehead atoms. The summed E-state index contributed by atoms with van der Waals surface area (Å²) in [5.41, 5.74) is 6.49. The fourth-order valence-electron chi connectivity index (χ4n) is 1.81. The minimum absolute atomic E-state index is 0.0149. The molecule has 20 heavy (non-hydrogen) atoms. The van der Waals surface area contributed by atoms with Crippen LogP contribution in [0.25, 0.3) is 0 Å². The van der Waals surface area contributed by atoms with Crippen molar-refractivity contribution in [1.82, 2.24) is 9.97 Å². The summed E-state index contributed by atoms with van der Waals surface area (Å²) >= 11 is 0. The van der Waals surface area contributed by atoms with Gasteiger partial charge in [-0.2, -0.15) is 4.98 Å². The van der Waals surface area contributed by atoms with Gasteiger partial charge in [0, 0.05) is 13.2 Å². The van der Waals surface area contributed by atoms with Crippen LogP contribution in [0, 0.1) is 5.41 Å². The molecule has 0 radical (unpaired) electrons. The third kappa shape index (κ3) is 5.21. The molecule has 1 aromatic rings. The third-order valence-corrected chi connectivity index (χ3v) is 2.94. The fraction of sp³-hybridized carbons (Fsp3) is 0.714. The van der Waals surface area contributed by atoms with Gasteiger partial charge in [-0.25, -0.2) is 4.98 Å². The zero-order valence-corrected chi connectivity index (χ0v) is 12.8. The number of nitrogens with zero attached hydrogens (tertiary/aromatic N) is 2. The lowest BCUT2D eigenvalue weighted by molar-refractivity contribution is 0.234. The van der Waals surface area contributed by atoms with Crippen LogP contribution in [0.3, 0.4) is 0 Å². The first-order valence-corrected chi connectivity index (χ1v) is 6.97. The molecule has 6 nitrogen and oxygen atoms in total. The summed E-state index contributed by atoms with van der Waals surface area (Å²) in [6.07, 6.45) is 3.17. The Morgan fingerprint density at radius 3 is 2.70 bits per heavy atom. The molecule has 0 amide bonds. The number of nitrogen functional groups attached to an aromatic ring is 1. The summed E-state index contributed by atoms with van der Waals surface area (Å²) in [5.74, 6) is 0.999. The van der Waals surface area contributed by atoms with Crippen LogP contribution in [-0.2, 0) is 0 Å². The molecule has 0 unspecified atom stereocenters. The number of aromatic nitrogens is 2. The van der Waals surface area contributed by atoms with E-state index in [1.807, 2.05) is 13.8 Å². The Labute approximate surface area is 120 Å². The van der Waals surface area contributed by atoms with Crippen molar-refractivity contribution < 1.29 is 9.84 Å². The van der Waals surface area contributed by atoms with Gasteiger partial charge in [0.2, 0.25) is 5.88 Å². The predicted molar refractivity (Wildman–Crippen MR) is 80.8 cm³/mol. The summed E-state index contributed by atoms with van der Waals surface area (Å²) in [7, 11) is 0. The van der Waals surface area contributed by atoms with Gasteiger partial charge in [0.25, 0.3) is 0 Å². The molecule has 4 N–H and O–H groups in total. The lowest BCUT2D eigenvalue weighted by atomic mass is 9.88.